The number of pyridine rings is 1. The van der Waals surface area contributed by atoms with Crippen LogP contribution in [0.4, 0.5) is 5.95 Å². The minimum absolute atomic E-state index is 0.193. The maximum absolute atomic E-state index is 9.69. The van der Waals surface area contributed by atoms with Crippen LogP contribution in [0, 0.1) is 0 Å². The van der Waals surface area contributed by atoms with Crippen LogP contribution in [-0.4, -0.2) is 47.2 Å². The number of aromatic nitrogens is 6. The average Bonchev–Trinajstić information content (AvgIpc) is 3.27. The third kappa shape index (κ3) is 2.64. The van der Waals surface area contributed by atoms with Gasteiger partial charge in [0.2, 0.25) is 5.95 Å². The van der Waals surface area contributed by atoms with Crippen molar-refractivity contribution in [3.8, 4) is 5.69 Å². The van der Waals surface area contributed by atoms with Gasteiger partial charge in [-0.25, -0.2) is 4.98 Å². The van der Waals surface area contributed by atoms with Gasteiger partial charge in [-0.2, -0.15) is 9.67 Å². The number of hydrogen-bond donors (Lipinski definition) is 2. The standard InChI is InChI=1S/C18H17N7O/c26-14-5-3-12(9-14)21-18-20-10-16-17(22-18)25(24-23-16)13-4-6-15-11(8-13)2-1-7-19-15/h1-2,4,6-8,10,12,14,26H,3,5,9H2,(H,20,21,22)/t12?,14-/m1/s1. The van der Waals surface area contributed by atoms with Crippen molar-refractivity contribution in [3.63, 3.8) is 0 Å². The molecular weight excluding hydrogens is 330 g/mol. The van der Waals surface area contributed by atoms with E-state index < -0.39 is 0 Å². The van der Waals surface area contributed by atoms with E-state index in [0.29, 0.717) is 17.1 Å². The van der Waals surface area contributed by atoms with Gasteiger partial charge in [-0.05, 0) is 43.5 Å². The molecule has 5 rings (SSSR count). The summed E-state index contributed by atoms with van der Waals surface area (Å²) < 4.78 is 1.71. The molecule has 1 unspecified atom stereocenters. The van der Waals surface area contributed by atoms with Crippen LogP contribution in [0.25, 0.3) is 27.8 Å². The molecule has 2 atom stereocenters. The van der Waals surface area contributed by atoms with E-state index in [1.807, 2.05) is 30.3 Å². The van der Waals surface area contributed by atoms with Crippen molar-refractivity contribution in [2.45, 2.75) is 31.4 Å². The maximum atomic E-state index is 9.69. The maximum Gasteiger partial charge on any atom is 0.225 e. The summed E-state index contributed by atoms with van der Waals surface area (Å²) in [6.45, 7) is 0. The normalized spacial score (nSPS) is 20.0. The quantitative estimate of drug-likeness (QED) is 0.585. The average molecular weight is 347 g/mol. The van der Waals surface area contributed by atoms with Crippen LogP contribution in [0.1, 0.15) is 19.3 Å². The van der Waals surface area contributed by atoms with E-state index in [0.717, 1.165) is 35.9 Å². The highest BCUT2D eigenvalue weighted by atomic mass is 16.3. The van der Waals surface area contributed by atoms with Crippen LogP contribution in [-0.2, 0) is 0 Å². The molecule has 0 aliphatic heterocycles. The van der Waals surface area contributed by atoms with Crippen molar-refractivity contribution in [2.75, 3.05) is 5.32 Å². The van der Waals surface area contributed by atoms with Crippen LogP contribution in [0.15, 0.2) is 42.7 Å². The zero-order valence-corrected chi connectivity index (χ0v) is 13.9. The highest BCUT2D eigenvalue weighted by Crippen LogP contribution is 2.23. The first-order valence-electron chi connectivity index (χ1n) is 8.64. The fourth-order valence-electron chi connectivity index (χ4n) is 3.44. The minimum atomic E-state index is -0.241. The second-order valence-electron chi connectivity index (χ2n) is 6.59. The molecule has 1 saturated carbocycles. The summed E-state index contributed by atoms with van der Waals surface area (Å²) >= 11 is 0. The first kappa shape index (κ1) is 15.2. The monoisotopic (exact) mass is 347 g/mol. The molecule has 0 saturated heterocycles. The lowest BCUT2D eigenvalue weighted by atomic mass is 10.2. The number of rotatable bonds is 3. The Morgan fingerprint density at radius 2 is 2.08 bits per heavy atom. The Hall–Kier alpha value is -3.13. The number of fused-ring (bicyclic) bond motifs is 2. The summed E-state index contributed by atoms with van der Waals surface area (Å²) in [5.74, 6) is 0.530. The van der Waals surface area contributed by atoms with Crippen LogP contribution in [0.3, 0.4) is 0 Å². The lowest BCUT2D eigenvalue weighted by molar-refractivity contribution is 0.182. The van der Waals surface area contributed by atoms with Crippen molar-refractivity contribution >= 4 is 28.0 Å². The molecule has 0 amide bonds. The predicted octanol–water partition coefficient (Wildman–Crippen LogP) is 2.08. The van der Waals surface area contributed by atoms with Crippen LogP contribution in [0.5, 0.6) is 0 Å². The summed E-state index contributed by atoms with van der Waals surface area (Å²) in [7, 11) is 0. The van der Waals surface area contributed by atoms with Gasteiger partial charge in [0.25, 0.3) is 0 Å². The number of benzene rings is 1. The van der Waals surface area contributed by atoms with Crippen LogP contribution in [0.2, 0.25) is 0 Å². The Kier molecular flexibility index (Phi) is 3.49. The molecule has 0 bridgehead atoms. The molecule has 3 aromatic heterocycles. The van der Waals surface area contributed by atoms with Crippen molar-refractivity contribution in [1.82, 2.24) is 29.9 Å². The van der Waals surface area contributed by atoms with Gasteiger partial charge in [0, 0.05) is 17.6 Å². The topological polar surface area (TPSA) is 102 Å². The summed E-state index contributed by atoms with van der Waals surface area (Å²) in [6.07, 6.45) is 5.65. The molecule has 3 heterocycles. The molecular formula is C18H17N7O. The molecule has 1 aliphatic carbocycles. The van der Waals surface area contributed by atoms with Gasteiger partial charge >= 0.3 is 0 Å². The Morgan fingerprint density at radius 1 is 1.12 bits per heavy atom. The summed E-state index contributed by atoms with van der Waals surface area (Å²) in [5, 5.41) is 22.4. The molecule has 8 nitrogen and oxygen atoms in total. The molecule has 1 aliphatic rings. The largest absolute Gasteiger partial charge is 0.393 e. The van der Waals surface area contributed by atoms with Gasteiger partial charge < -0.3 is 10.4 Å². The third-order valence-corrected chi connectivity index (χ3v) is 4.76. The van der Waals surface area contributed by atoms with Gasteiger partial charge in [0.1, 0.15) is 0 Å². The van der Waals surface area contributed by atoms with Crippen LogP contribution >= 0.6 is 0 Å². The SMILES string of the molecule is O[C@@H]1CCC(Nc2ncc3nnn(-c4ccc5ncccc5c4)c3n2)C1. The highest BCUT2D eigenvalue weighted by Gasteiger charge is 2.23. The molecule has 1 aromatic carbocycles. The predicted molar refractivity (Wildman–Crippen MR) is 97.0 cm³/mol. The van der Waals surface area contributed by atoms with E-state index in [9.17, 15) is 5.11 Å². The summed E-state index contributed by atoms with van der Waals surface area (Å²) in [4.78, 5) is 13.3. The first-order chi connectivity index (χ1) is 12.8. The minimum Gasteiger partial charge on any atom is -0.393 e. The van der Waals surface area contributed by atoms with E-state index in [2.05, 4.69) is 30.6 Å². The Balaban J connectivity index is 1.53. The lowest BCUT2D eigenvalue weighted by Gasteiger charge is -2.11. The molecule has 4 aromatic rings. The van der Waals surface area contributed by atoms with E-state index in [4.69, 9.17) is 0 Å². The van der Waals surface area contributed by atoms with E-state index in [1.165, 1.54) is 0 Å². The molecule has 0 radical (unpaired) electrons. The van der Waals surface area contributed by atoms with E-state index in [-0.39, 0.29) is 12.1 Å². The highest BCUT2D eigenvalue weighted by molar-refractivity contribution is 5.81. The lowest BCUT2D eigenvalue weighted by Crippen LogP contribution is -2.18. The van der Waals surface area contributed by atoms with Gasteiger partial charge in [-0.1, -0.05) is 11.3 Å². The zero-order valence-electron chi connectivity index (χ0n) is 13.9. The van der Waals surface area contributed by atoms with Gasteiger partial charge in [-0.15, -0.1) is 5.10 Å². The Labute approximate surface area is 148 Å². The fraction of sp³-hybridized carbons (Fsp3) is 0.278. The summed E-state index contributed by atoms with van der Waals surface area (Å²) in [6, 6.07) is 10.0. The smallest absolute Gasteiger partial charge is 0.225 e. The number of hydrogen-bond acceptors (Lipinski definition) is 7. The second-order valence-corrected chi connectivity index (χ2v) is 6.59. The number of nitrogens with zero attached hydrogens (tertiary/aromatic N) is 6. The molecule has 26 heavy (non-hydrogen) atoms. The van der Waals surface area contributed by atoms with Crippen molar-refractivity contribution in [1.29, 1.82) is 0 Å². The van der Waals surface area contributed by atoms with Crippen molar-refractivity contribution in [3.05, 3.63) is 42.7 Å². The zero-order chi connectivity index (χ0) is 17.5. The summed E-state index contributed by atoms with van der Waals surface area (Å²) in [5.41, 5.74) is 3.07. The Morgan fingerprint density at radius 3 is 2.96 bits per heavy atom. The number of nitrogens with one attached hydrogen (secondary N) is 1. The van der Waals surface area contributed by atoms with Gasteiger partial charge in [-0.3, -0.25) is 4.98 Å². The first-order valence-corrected chi connectivity index (χ1v) is 8.64. The van der Waals surface area contributed by atoms with E-state index >= 15 is 0 Å². The fourth-order valence-corrected chi connectivity index (χ4v) is 3.44. The van der Waals surface area contributed by atoms with Crippen LogP contribution < -0.4 is 5.32 Å². The second kappa shape index (κ2) is 5.99. The molecule has 2 N–H and O–H groups in total. The van der Waals surface area contributed by atoms with E-state index in [1.54, 1.807) is 17.1 Å². The Bertz CT molecular complexity index is 1090. The molecule has 1 fully saturated rings. The number of aliphatic hydroxyl groups is 1. The number of aliphatic hydroxyl groups excluding tert-OH is 1. The third-order valence-electron chi connectivity index (χ3n) is 4.76. The molecule has 0 spiro atoms. The molecule has 8 heteroatoms. The van der Waals surface area contributed by atoms with Crippen molar-refractivity contribution in [2.24, 2.45) is 0 Å². The van der Waals surface area contributed by atoms with Gasteiger partial charge in [0.15, 0.2) is 11.2 Å². The van der Waals surface area contributed by atoms with Gasteiger partial charge in [0.05, 0.1) is 23.5 Å². The molecule has 130 valence electrons. The number of anilines is 1. The van der Waals surface area contributed by atoms with Crippen molar-refractivity contribution < 1.29 is 5.11 Å².